The molecule has 0 aliphatic carbocycles. The van der Waals surface area contributed by atoms with Gasteiger partial charge in [-0.25, -0.2) is 4.79 Å². The van der Waals surface area contributed by atoms with Crippen LogP contribution >= 0.6 is 11.6 Å². The molecule has 2 aliphatic rings. The number of carbonyl (C=O) groups is 1. The number of halogens is 1. The predicted octanol–water partition coefficient (Wildman–Crippen LogP) is 2.93. The predicted molar refractivity (Wildman–Crippen MR) is 92.5 cm³/mol. The van der Waals surface area contributed by atoms with Gasteiger partial charge >= 0.3 is 6.03 Å². The summed E-state index contributed by atoms with van der Waals surface area (Å²) in [4.78, 5) is 18.7. The zero-order valence-corrected chi connectivity index (χ0v) is 14.8. The van der Waals surface area contributed by atoms with Crippen molar-refractivity contribution in [2.45, 2.75) is 13.8 Å². The maximum Gasteiger partial charge on any atom is 0.324 e. The Bertz CT molecular complexity index is 598. The van der Waals surface area contributed by atoms with Gasteiger partial charge in [0.25, 0.3) is 0 Å². The number of amides is 2. The zero-order valence-electron chi connectivity index (χ0n) is 14.0. The summed E-state index contributed by atoms with van der Waals surface area (Å²) in [6.07, 6.45) is 0. The second-order valence-corrected chi connectivity index (χ2v) is 7.55. The van der Waals surface area contributed by atoms with Gasteiger partial charge in [0.15, 0.2) is 0 Å². The normalized spacial score (nSPS) is 20.8. The van der Waals surface area contributed by atoms with Crippen molar-refractivity contribution in [3.63, 3.8) is 0 Å². The minimum Gasteiger partial charge on any atom is -0.495 e. The van der Waals surface area contributed by atoms with E-state index in [9.17, 15) is 4.79 Å². The molecule has 0 radical (unpaired) electrons. The molecule has 2 aliphatic heterocycles. The average molecular weight is 338 g/mol. The molecule has 0 saturated carbocycles. The highest BCUT2D eigenvalue weighted by Crippen LogP contribution is 2.33. The maximum absolute atomic E-state index is 12.7. The van der Waals surface area contributed by atoms with Gasteiger partial charge in [0.1, 0.15) is 5.75 Å². The van der Waals surface area contributed by atoms with Crippen LogP contribution in [-0.4, -0.2) is 62.2 Å². The van der Waals surface area contributed by atoms with E-state index in [0.717, 1.165) is 38.4 Å². The van der Waals surface area contributed by atoms with Crippen LogP contribution in [0.25, 0.3) is 0 Å². The van der Waals surface area contributed by atoms with Crippen molar-refractivity contribution < 1.29 is 9.53 Å². The van der Waals surface area contributed by atoms with E-state index in [2.05, 4.69) is 18.7 Å². The average Bonchev–Trinajstić information content (AvgIpc) is 2.83. The number of methoxy groups -OCH3 is 1. The third kappa shape index (κ3) is 3.40. The Labute approximate surface area is 142 Å². The lowest BCUT2D eigenvalue weighted by atomic mass is 9.84. The van der Waals surface area contributed by atoms with Crippen LogP contribution in [0.2, 0.25) is 5.02 Å². The molecule has 3 rings (SSSR count). The number of anilines is 1. The number of carbonyl (C=O) groups excluding carboxylic acids is 1. The molecular weight excluding hydrogens is 314 g/mol. The minimum atomic E-state index is 0.0327. The molecule has 5 nitrogen and oxygen atoms in total. The first-order chi connectivity index (χ1) is 10.9. The fourth-order valence-corrected chi connectivity index (χ4v) is 3.64. The molecule has 23 heavy (non-hydrogen) atoms. The number of hydrogen-bond acceptors (Lipinski definition) is 3. The van der Waals surface area contributed by atoms with Gasteiger partial charge in [0, 0.05) is 44.3 Å². The lowest BCUT2D eigenvalue weighted by Gasteiger charge is -2.46. The third-order valence-electron chi connectivity index (χ3n) is 4.52. The SMILES string of the molecule is COc1ccc(Cl)cc1N1CCN(CCN2CC(C)(C)C2)C1=O. The summed E-state index contributed by atoms with van der Waals surface area (Å²) < 4.78 is 5.36. The first-order valence-corrected chi connectivity index (χ1v) is 8.40. The lowest BCUT2D eigenvalue weighted by Crippen LogP contribution is -2.54. The fraction of sp³-hybridized carbons (Fsp3) is 0.588. The second kappa shape index (κ2) is 6.21. The Morgan fingerprint density at radius 1 is 1.22 bits per heavy atom. The number of hydrogen-bond donors (Lipinski definition) is 0. The topological polar surface area (TPSA) is 36.0 Å². The summed E-state index contributed by atoms with van der Waals surface area (Å²) in [6.45, 7) is 9.90. The molecule has 1 aromatic rings. The molecule has 6 heteroatoms. The Balaban J connectivity index is 1.62. The molecule has 0 aromatic heterocycles. The highest BCUT2D eigenvalue weighted by molar-refractivity contribution is 6.31. The molecule has 2 fully saturated rings. The first kappa shape index (κ1) is 16.4. The van der Waals surface area contributed by atoms with E-state index in [1.807, 2.05) is 4.90 Å². The second-order valence-electron chi connectivity index (χ2n) is 7.11. The van der Waals surface area contributed by atoms with Crippen molar-refractivity contribution in [3.8, 4) is 5.75 Å². The summed E-state index contributed by atoms with van der Waals surface area (Å²) in [7, 11) is 1.61. The van der Waals surface area contributed by atoms with Crippen molar-refractivity contribution in [1.82, 2.24) is 9.80 Å². The van der Waals surface area contributed by atoms with Crippen LogP contribution in [0.15, 0.2) is 18.2 Å². The van der Waals surface area contributed by atoms with Crippen LogP contribution in [0.4, 0.5) is 10.5 Å². The fourth-order valence-electron chi connectivity index (χ4n) is 3.47. The summed E-state index contributed by atoms with van der Waals surface area (Å²) in [5, 5.41) is 0.606. The monoisotopic (exact) mass is 337 g/mol. The number of likely N-dealkylation sites (tertiary alicyclic amines) is 1. The van der Waals surface area contributed by atoms with Crippen molar-refractivity contribution >= 4 is 23.3 Å². The Kier molecular flexibility index (Phi) is 4.43. The molecule has 2 amide bonds. The molecule has 0 spiro atoms. The molecule has 2 saturated heterocycles. The summed E-state index contributed by atoms with van der Waals surface area (Å²) in [6, 6.07) is 5.40. The molecule has 0 unspecified atom stereocenters. The highest BCUT2D eigenvalue weighted by atomic mass is 35.5. The van der Waals surface area contributed by atoms with Gasteiger partial charge in [-0.15, -0.1) is 0 Å². The van der Waals surface area contributed by atoms with E-state index >= 15 is 0 Å². The van der Waals surface area contributed by atoms with Gasteiger partial charge < -0.3 is 14.5 Å². The van der Waals surface area contributed by atoms with Crippen molar-refractivity contribution in [3.05, 3.63) is 23.2 Å². The highest BCUT2D eigenvalue weighted by Gasteiger charge is 2.36. The molecule has 1 aromatic carbocycles. The molecular formula is C17H24ClN3O2. The van der Waals surface area contributed by atoms with Gasteiger partial charge in [0.05, 0.1) is 12.8 Å². The van der Waals surface area contributed by atoms with Gasteiger partial charge in [-0.3, -0.25) is 4.90 Å². The lowest BCUT2D eigenvalue weighted by molar-refractivity contribution is 0.0273. The number of nitrogens with zero attached hydrogens (tertiary/aromatic N) is 3. The van der Waals surface area contributed by atoms with Crippen LogP contribution in [0.5, 0.6) is 5.75 Å². The zero-order chi connectivity index (χ0) is 16.6. The summed E-state index contributed by atoms with van der Waals surface area (Å²) >= 11 is 6.08. The van der Waals surface area contributed by atoms with Crippen LogP contribution in [0.1, 0.15) is 13.8 Å². The van der Waals surface area contributed by atoms with Gasteiger partial charge in [-0.05, 0) is 23.6 Å². The summed E-state index contributed by atoms with van der Waals surface area (Å²) in [5.74, 6) is 0.675. The number of urea groups is 1. The van der Waals surface area contributed by atoms with E-state index in [4.69, 9.17) is 16.3 Å². The van der Waals surface area contributed by atoms with E-state index in [1.165, 1.54) is 0 Å². The maximum atomic E-state index is 12.7. The van der Waals surface area contributed by atoms with Crippen LogP contribution in [0, 0.1) is 5.41 Å². The van der Waals surface area contributed by atoms with Crippen molar-refractivity contribution in [2.75, 3.05) is 51.3 Å². The Morgan fingerprint density at radius 3 is 2.61 bits per heavy atom. The molecule has 0 bridgehead atoms. The summed E-state index contributed by atoms with van der Waals surface area (Å²) in [5.41, 5.74) is 1.17. The number of benzene rings is 1. The van der Waals surface area contributed by atoms with Crippen LogP contribution < -0.4 is 9.64 Å². The number of ether oxygens (including phenoxy) is 1. The molecule has 0 N–H and O–H groups in total. The van der Waals surface area contributed by atoms with Gasteiger partial charge in [0.2, 0.25) is 0 Å². The van der Waals surface area contributed by atoms with Gasteiger partial charge in [-0.1, -0.05) is 25.4 Å². The molecule has 0 atom stereocenters. The van der Waals surface area contributed by atoms with E-state index < -0.39 is 0 Å². The first-order valence-electron chi connectivity index (χ1n) is 8.02. The number of rotatable bonds is 5. The smallest absolute Gasteiger partial charge is 0.324 e. The van der Waals surface area contributed by atoms with Crippen LogP contribution in [0.3, 0.4) is 0 Å². The minimum absolute atomic E-state index is 0.0327. The van der Waals surface area contributed by atoms with Crippen molar-refractivity contribution in [2.24, 2.45) is 5.41 Å². The third-order valence-corrected chi connectivity index (χ3v) is 4.75. The van der Waals surface area contributed by atoms with Crippen molar-refractivity contribution in [1.29, 1.82) is 0 Å². The molecule has 2 heterocycles. The Morgan fingerprint density at radius 2 is 1.96 bits per heavy atom. The Hall–Kier alpha value is -1.46. The standard InChI is InChI=1S/C17H24ClN3O2/c1-17(2)11-19(12-17)6-7-20-8-9-21(16(20)22)14-10-13(18)4-5-15(14)23-3/h4-5,10H,6-9,11-12H2,1-3H3. The van der Waals surface area contributed by atoms with E-state index in [-0.39, 0.29) is 6.03 Å². The molecule has 126 valence electrons. The quantitative estimate of drug-likeness (QED) is 0.828. The van der Waals surface area contributed by atoms with E-state index in [0.29, 0.717) is 22.7 Å². The van der Waals surface area contributed by atoms with Crippen LogP contribution in [-0.2, 0) is 0 Å². The van der Waals surface area contributed by atoms with E-state index in [1.54, 1.807) is 30.2 Å². The van der Waals surface area contributed by atoms with Gasteiger partial charge in [-0.2, -0.15) is 0 Å². The largest absolute Gasteiger partial charge is 0.495 e.